The number of aromatic nitrogens is 5. The maximum atomic E-state index is 13.1. The van der Waals surface area contributed by atoms with E-state index in [1.807, 2.05) is 54.6 Å². The molecule has 5 aromatic rings. The van der Waals surface area contributed by atoms with Crippen molar-refractivity contribution in [2.45, 2.75) is 0 Å². The standard InChI is InChI=1S/C24H21N7O2/c32-24(17-5-3-4-16(14-17)23-26-18-6-1-2-7-19(18)27-23)29-20-15-22(30-10-12-33-13-11-30)31-21(28-20)8-9-25-31/h1-9,14-15H,10-13H2,(H,26,27)(H,28,29,32). The molecule has 33 heavy (non-hydrogen) atoms. The molecule has 6 rings (SSSR count). The second-order valence-corrected chi connectivity index (χ2v) is 7.84. The summed E-state index contributed by atoms with van der Waals surface area (Å²) in [7, 11) is 0. The van der Waals surface area contributed by atoms with E-state index in [-0.39, 0.29) is 5.91 Å². The smallest absolute Gasteiger partial charge is 0.256 e. The predicted octanol–water partition coefficient (Wildman–Crippen LogP) is 3.36. The molecule has 0 radical (unpaired) electrons. The van der Waals surface area contributed by atoms with Crippen molar-refractivity contribution in [2.75, 3.05) is 36.5 Å². The quantitative estimate of drug-likeness (QED) is 0.445. The number of carbonyl (C=O) groups is 1. The second kappa shape index (κ2) is 8.03. The third-order valence-electron chi connectivity index (χ3n) is 5.70. The van der Waals surface area contributed by atoms with E-state index in [2.05, 4.69) is 30.3 Å². The number of carbonyl (C=O) groups excluding carboxylic acids is 1. The Morgan fingerprint density at radius 3 is 2.76 bits per heavy atom. The van der Waals surface area contributed by atoms with E-state index in [9.17, 15) is 4.79 Å². The van der Waals surface area contributed by atoms with Gasteiger partial charge in [-0.1, -0.05) is 24.3 Å². The number of hydrogen-bond donors (Lipinski definition) is 2. The fourth-order valence-corrected chi connectivity index (χ4v) is 4.06. The van der Waals surface area contributed by atoms with Crippen LogP contribution >= 0.6 is 0 Å². The number of imidazole rings is 1. The van der Waals surface area contributed by atoms with E-state index >= 15 is 0 Å². The van der Waals surface area contributed by atoms with Gasteiger partial charge in [0.05, 0.1) is 30.4 Å². The molecule has 1 saturated heterocycles. The van der Waals surface area contributed by atoms with Gasteiger partial charge in [0.2, 0.25) is 0 Å². The summed E-state index contributed by atoms with van der Waals surface area (Å²) in [6, 6.07) is 18.9. The lowest BCUT2D eigenvalue weighted by Gasteiger charge is -2.29. The number of ether oxygens (including phenoxy) is 1. The highest BCUT2D eigenvalue weighted by Crippen LogP contribution is 2.24. The highest BCUT2D eigenvalue weighted by atomic mass is 16.5. The van der Waals surface area contributed by atoms with Gasteiger partial charge >= 0.3 is 0 Å². The van der Waals surface area contributed by atoms with Crippen LogP contribution in [0.15, 0.2) is 66.9 Å². The maximum Gasteiger partial charge on any atom is 0.256 e. The third-order valence-corrected chi connectivity index (χ3v) is 5.70. The van der Waals surface area contributed by atoms with Crippen LogP contribution in [-0.4, -0.2) is 56.8 Å². The van der Waals surface area contributed by atoms with Crippen LogP contribution in [0.2, 0.25) is 0 Å². The van der Waals surface area contributed by atoms with E-state index < -0.39 is 0 Å². The van der Waals surface area contributed by atoms with Crippen LogP contribution in [-0.2, 0) is 4.74 Å². The van der Waals surface area contributed by atoms with Gasteiger partial charge in [0.1, 0.15) is 17.5 Å². The lowest BCUT2D eigenvalue weighted by molar-refractivity contribution is 0.102. The van der Waals surface area contributed by atoms with Gasteiger partial charge < -0.3 is 19.9 Å². The zero-order valence-electron chi connectivity index (χ0n) is 17.7. The van der Waals surface area contributed by atoms with Crippen LogP contribution in [0.4, 0.5) is 11.6 Å². The maximum absolute atomic E-state index is 13.1. The second-order valence-electron chi connectivity index (χ2n) is 7.84. The SMILES string of the molecule is O=C(Nc1cc(N2CCOCC2)n2nccc2n1)c1cccc(-c2nc3ccccc3[nH]2)c1. The normalized spacial score (nSPS) is 14.1. The molecular formula is C24H21N7O2. The summed E-state index contributed by atoms with van der Waals surface area (Å²) in [6.07, 6.45) is 1.70. The first kappa shape index (κ1) is 19.4. The van der Waals surface area contributed by atoms with Crippen molar-refractivity contribution in [1.82, 2.24) is 24.6 Å². The number of nitrogens with zero attached hydrogens (tertiary/aromatic N) is 5. The molecule has 1 amide bonds. The Kier molecular flexibility index (Phi) is 4.73. The first-order valence-electron chi connectivity index (χ1n) is 10.8. The summed E-state index contributed by atoms with van der Waals surface area (Å²) in [4.78, 5) is 27.8. The monoisotopic (exact) mass is 439 g/mol. The summed E-state index contributed by atoms with van der Waals surface area (Å²) in [5.41, 5.74) is 3.88. The Morgan fingerprint density at radius 2 is 1.88 bits per heavy atom. The zero-order chi connectivity index (χ0) is 22.2. The van der Waals surface area contributed by atoms with Crippen LogP contribution in [0, 0.1) is 0 Å². The number of H-pyrrole nitrogens is 1. The Hall–Kier alpha value is -4.24. The highest BCUT2D eigenvalue weighted by Gasteiger charge is 2.18. The average molecular weight is 439 g/mol. The number of hydrogen-bond acceptors (Lipinski definition) is 6. The molecule has 0 saturated carbocycles. The molecule has 2 aromatic carbocycles. The van der Waals surface area contributed by atoms with Crippen LogP contribution in [0.25, 0.3) is 28.1 Å². The van der Waals surface area contributed by atoms with Crippen molar-refractivity contribution in [2.24, 2.45) is 0 Å². The number of nitrogens with one attached hydrogen (secondary N) is 2. The lowest BCUT2D eigenvalue weighted by Crippen LogP contribution is -2.37. The minimum absolute atomic E-state index is 0.239. The van der Waals surface area contributed by atoms with Gasteiger partial charge in [-0.25, -0.2) is 9.97 Å². The summed E-state index contributed by atoms with van der Waals surface area (Å²) < 4.78 is 7.25. The largest absolute Gasteiger partial charge is 0.378 e. The fourth-order valence-electron chi connectivity index (χ4n) is 4.06. The molecule has 0 atom stereocenters. The molecule has 1 fully saturated rings. The Bertz CT molecular complexity index is 1430. The topological polar surface area (TPSA) is 100 Å². The van der Waals surface area contributed by atoms with Gasteiger partial charge in [-0.05, 0) is 24.3 Å². The highest BCUT2D eigenvalue weighted by molar-refractivity contribution is 6.04. The summed E-state index contributed by atoms with van der Waals surface area (Å²) in [5, 5.41) is 7.33. The van der Waals surface area contributed by atoms with Crippen molar-refractivity contribution >= 4 is 34.2 Å². The Balaban J connectivity index is 1.30. The molecule has 3 aromatic heterocycles. The average Bonchev–Trinajstić information content (AvgIpc) is 3.51. The molecule has 4 heterocycles. The van der Waals surface area contributed by atoms with Crippen molar-refractivity contribution in [3.05, 3.63) is 72.4 Å². The van der Waals surface area contributed by atoms with Gasteiger partial charge in [0.15, 0.2) is 5.65 Å². The number of amides is 1. The van der Waals surface area contributed by atoms with Gasteiger partial charge in [0, 0.05) is 36.3 Å². The summed E-state index contributed by atoms with van der Waals surface area (Å²) in [6.45, 7) is 2.82. The van der Waals surface area contributed by atoms with E-state index in [4.69, 9.17) is 4.74 Å². The van der Waals surface area contributed by atoms with Gasteiger partial charge in [-0.15, -0.1) is 0 Å². The molecule has 0 spiro atoms. The number of fused-ring (bicyclic) bond motifs is 2. The van der Waals surface area contributed by atoms with Gasteiger partial charge in [0.25, 0.3) is 5.91 Å². The predicted molar refractivity (Wildman–Crippen MR) is 126 cm³/mol. The number of benzene rings is 2. The van der Waals surface area contributed by atoms with Crippen LogP contribution in [0.3, 0.4) is 0 Å². The molecule has 0 unspecified atom stereocenters. The Morgan fingerprint density at radius 1 is 1.00 bits per heavy atom. The lowest BCUT2D eigenvalue weighted by atomic mass is 10.1. The van der Waals surface area contributed by atoms with Gasteiger partial charge in [-0.3, -0.25) is 4.79 Å². The van der Waals surface area contributed by atoms with E-state index in [0.29, 0.717) is 30.2 Å². The van der Waals surface area contributed by atoms with Crippen molar-refractivity contribution in [3.8, 4) is 11.4 Å². The van der Waals surface area contributed by atoms with Crippen LogP contribution in [0.5, 0.6) is 0 Å². The molecule has 9 heteroatoms. The fraction of sp³-hybridized carbons (Fsp3) is 0.167. The molecule has 2 N–H and O–H groups in total. The van der Waals surface area contributed by atoms with Gasteiger partial charge in [-0.2, -0.15) is 9.61 Å². The van der Waals surface area contributed by atoms with Crippen molar-refractivity contribution < 1.29 is 9.53 Å². The third kappa shape index (κ3) is 3.68. The van der Waals surface area contributed by atoms with E-state index in [0.717, 1.165) is 41.3 Å². The number of morpholine rings is 1. The molecule has 9 nitrogen and oxygen atoms in total. The first-order valence-corrected chi connectivity index (χ1v) is 10.8. The zero-order valence-corrected chi connectivity index (χ0v) is 17.7. The molecule has 1 aliphatic rings. The summed E-state index contributed by atoms with van der Waals surface area (Å²) in [5.74, 6) is 1.83. The van der Waals surface area contributed by atoms with E-state index in [1.165, 1.54) is 0 Å². The number of rotatable bonds is 4. The minimum atomic E-state index is -0.239. The Labute approximate surface area is 189 Å². The van der Waals surface area contributed by atoms with Crippen molar-refractivity contribution in [1.29, 1.82) is 0 Å². The number of para-hydroxylation sites is 2. The molecular weight excluding hydrogens is 418 g/mol. The van der Waals surface area contributed by atoms with Crippen LogP contribution < -0.4 is 10.2 Å². The molecule has 0 aliphatic carbocycles. The number of anilines is 2. The van der Waals surface area contributed by atoms with Crippen molar-refractivity contribution in [3.63, 3.8) is 0 Å². The first-order chi connectivity index (χ1) is 16.2. The minimum Gasteiger partial charge on any atom is -0.378 e. The van der Waals surface area contributed by atoms with E-state index in [1.54, 1.807) is 16.8 Å². The number of aromatic amines is 1. The molecule has 1 aliphatic heterocycles. The van der Waals surface area contributed by atoms with Crippen LogP contribution in [0.1, 0.15) is 10.4 Å². The molecule has 0 bridgehead atoms. The summed E-state index contributed by atoms with van der Waals surface area (Å²) >= 11 is 0. The molecule has 164 valence electrons.